The van der Waals surface area contributed by atoms with E-state index in [1.165, 1.54) is 20.3 Å². The zero-order chi connectivity index (χ0) is 19.4. The summed E-state index contributed by atoms with van der Waals surface area (Å²) in [7, 11) is 0. The number of rotatable bonds is 5. The molecule has 27 heavy (non-hydrogen) atoms. The number of benzene rings is 1. The second-order valence-corrected chi connectivity index (χ2v) is 7.44. The van der Waals surface area contributed by atoms with Crippen molar-refractivity contribution in [2.75, 3.05) is 0 Å². The average molecular weight is 373 g/mol. The molecule has 0 spiro atoms. The first-order chi connectivity index (χ1) is 13.0. The predicted molar refractivity (Wildman–Crippen MR) is 98.5 cm³/mol. The molecule has 1 aliphatic carbocycles. The van der Waals surface area contributed by atoms with Crippen LogP contribution in [0.4, 0.5) is 0 Å². The topological polar surface area (TPSA) is 72.9 Å². The molecule has 1 heterocycles. The SMILES string of the molecule is CC(=O)O[C@H]1C(=O)N(Cc2ccccc2)C(C2CCCCC2)[C@@H]1OC(C)=O. The van der Waals surface area contributed by atoms with E-state index in [0.29, 0.717) is 6.54 Å². The molecule has 1 aromatic rings. The van der Waals surface area contributed by atoms with Crippen LogP contribution in [0, 0.1) is 5.92 Å². The first-order valence-corrected chi connectivity index (χ1v) is 9.66. The van der Waals surface area contributed by atoms with Gasteiger partial charge >= 0.3 is 11.9 Å². The van der Waals surface area contributed by atoms with E-state index in [1.807, 2.05) is 30.3 Å². The summed E-state index contributed by atoms with van der Waals surface area (Å²) in [5.41, 5.74) is 0.997. The van der Waals surface area contributed by atoms with Gasteiger partial charge in [-0.1, -0.05) is 49.6 Å². The summed E-state index contributed by atoms with van der Waals surface area (Å²) in [5, 5.41) is 0. The number of likely N-dealkylation sites (tertiary alicyclic amines) is 1. The Bertz CT molecular complexity index is 683. The van der Waals surface area contributed by atoms with Crippen LogP contribution in [0.3, 0.4) is 0 Å². The molecule has 1 saturated carbocycles. The molecule has 3 atom stereocenters. The van der Waals surface area contributed by atoms with E-state index < -0.39 is 24.1 Å². The van der Waals surface area contributed by atoms with Crippen LogP contribution in [0.1, 0.15) is 51.5 Å². The summed E-state index contributed by atoms with van der Waals surface area (Å²) in [5.74, 6) is -1.06. The third kappa shape index (κ3) is 4.49. The summed E-state index contributed by atoms with van der Waals surface area (Å²) < 4.78 is 10.9. The standard InChI is InChI=1S/C21H27NO5/c1-14(23)26-19-18(17-11-7-4-8-12-17)22(13-16-9-5-3-6-10-16)21(25)20(19)27-15(2)24/h3,5-6,9-10,17-20H,4,7-8,11-13H2,1-2H3/t18?,19-,20+/m0/s1. The number of esters is 2. The Hall–Kier alpha value is -2.37. The Morgan fingerprint density at radius 3 is 2.22 bits per heavy atom. The number of nitrogens with zero attached hydrogens (tertiary/aromatic N) is 1. The van der Waals surface area contributed by atoms with Gasteiger partial charge in [-0.25, -0.2) is 0 Å². The number of carbonyl (C=O) groups excluding carboxylic acids is 3. The molecule has 0 bridgehead atoms. The Kier molecular flexibility index (Phi) is 6.14. The van der Waals surface area contributed by atoms with E-state index in [9.17, 15) is 14.4 Å². The molecule has 2 aliphatic rings. The van der Waals surface area contributed by atoms with E-state index in [0.717, 1.165) is 31.2 Å². The van der Waals surface area contributed by atoms with Gasteiger partial charge in [-0.05, 0) is 24.3 Å². The van der Waals surface area contributed by atoms with Gasteiger partial charge in [0.15, 0.2) is 6.10 Å². The zero-order valence-corrected chi connectivity index (χ0v) is 15.9. The van der Waals surface area contributed by atoms with Crippen LogP contribution in [0.5, 0.6) is 0 Å². The first-order valence-electron chi connectivity index (χ1n) is 9.66. The van der Waals surface area contributed by atoms with Gasteiger partial charge in [0, 0.05) is 20.4 Å². The van der Waals surface area contributed by atoms with E-state index in [2.05, 4.69) is 0 Å². The highest BCUT2D eigenvalue weighted by Crippen LogP contribution is 2.38. The van der Waals surface area contributed by atoms with Crippen LogP contribution in [0.25, 0.3) is 0 Å². The van der Waals surface area contributed by atoms with Gasteiger partial charge in [-0.2, -0.15) is 0 Å². The van der Waals surface area contributed by atoms with Crippen molar-refractivity contribution in [3.05, 3.63) is 35.9 Å². The molecule has 1 amide bonds. The summed E-state index contributed by atoms with van der Waals surface area (Å²) in [6.45, 7) is 3.01. The van der Waals surface area contributed by atoms with Crippen LogP contribution in [0.15, 0.2) is 30.3 Å². The van der Waals surface area contributed by atoms with Crippen LogP contribution in [-0.2, 0) is 30.4 Å². The lowest BCUT2D eigenvalue weighted by Crippen LogP contribution is -2.45. The maximum Gasteiger partial charge on any atom is 0.303 e. The summed E-state index contributed by atoms with van der Waals surface area (Å²) in [4.78, 5) is 38.2. The molecule has 2 fully saturated rings. The fourth-order valence-electron chi connectivity index (χ4n) is 4.39. The number of amides is 1. The molecule has 1 aliphatic heterocycles. The van der Waals surface area contributed by atoms with Crippen molar-refractivity contribution in [1.29, 1.82) is 0 Å². The smallest absolute Gasteiger partial charge is 0.303 e. The second kappa shape index (κ2) is 8.55. The molecular formula is C21H27NO5. The van der Waals surface area contributed by atoms with Gasteiger partial charge in [0.1, 0.15) is 0 Å². The van der Waals surface area contributed by atoms with Gasteiger partial charge in [0.2, 0.25) is 6.10 Å². The molecular weight excluding hydrogens is 346 g/mol. The number of hydrogen-bond donors (Lipinski definition) is 0. The largest absolute Gasteiger partial charge is 0.456 e. The highest BCUT2D eigenvalue weighted by molar-refractivity contribution is 5.87. The third-order valence-corrected chi connectivity index (χ3v) is 5.44. The number of hydrogen-bond acceptors (Lipinski definition) is 5. The van der Waals surface area contributed by atoms with Crippen molar-refractivity contribution in [2.45, 2.75) is 70.7 Å². The Labute approximate surface area is 159 Å². The minimum atomic E-state index is -1.07. The lowest BCUT2D eigenvalue weighted by Gasteiger charge is -2.36. The molecule has 6 heteroatoms. The minimum absolute atomic E-state index is 0.233. The molecule has 1 aromatic carbocycles. The summed E-state index contributed by atoms with van der Waals surface area (Å²) in [6.07, 6.45) is 3.51. The fraction of sp³-hybridized carbons (Fsp3) is 0.571. The van der Waals surface area contributed by atoms with E-state index in [1.54, 1.807) is 4.90 Å². The van der Waals surface area contributed by atoms with Crippen LogP contribution in [-0.4, -0.2) is 41.0 Å². The molecule has 146 valence electrons. The lowest BCUT2D eigenvalue weighted by atomic mass is 9.81. The number of carbonyl (C=O) groups is 3. The van der Waals surface area contributed by atoms with Crippen LogP contribution in [0.2, 0.25) is 0 Å². The van der Waals surface area contributed by atoms with Crippen molar-refractivity contribution >= 4 is 17.8 Å². The monoisotopic (exact) mass is 373 g/mol. The van der Waals surface area contributed by atoms with Gasteiger partial charge in [0.05, 0.1) is 6.04 Å². The molecule has 1 unspecified atom stereocenters. The van der Waals surface area contributed by atoms with Crippen LogP contribution < -0.4 is 0 Å². The van der Waals surface area contributed by atoms with Crippen molar-refractivity contribution in [3.63, 3.8) is 0 Å². The zero-order valence-electron chi connectivity index (χ0n) is 15.9. The molecule has 6 nitrogen and oxygen atoms in total. The maximum atomic E-state index is 13.1. The minimum Gasteiger partial charge on any atom is -0.456 e. The van der Waals surface area contributed by atoms with Gasteiger partial charge < -0.3 is 14.4 Å². The summed E-state index contributed by atoms with van der Waals surface area (Å²) >= 11 is 0. The molecule has 1 saturated heterocycles. The highest BCUT2D eigenvalue weighted by Gasteiger charge is 2.54. The Morgan fingerprint density at radius 1 is 1.00 bits per heavy atom. The van der Waals surface area contributed by atoms with E-state index in [4.69, 9.17) is 9.47 Å². The maximum absolute atomic E-state index is 13.1. The molecule has 0 N–H and O–H groups in total. The first kappa shape index (κ1) is 19.4. The Morgan fingerprint density at radius 2 is 1.63 bits per heavy atom. The van der Waals surface area contributed by atoms with Crippen molar-refractivity contribution in [1.82, 2.24) is 4.90 Å². The van der Waals surface area contributed by atoms with Crippen molar-refractivity contribution < 1.29 is 23.9 Å². The Balaban J connectivity index is 1.94. The van der Waals surface area contributed by atoms with E-state index >= 15 is 0 Å². The fourth-order valence-corrected chi connectivity index (χ4v) is 4.39. The average Bonchev–Trinajstić information content (AvgIpc) is 2.88. The van der Waals surface area contributed by atoms with Gasteiger partial charge in [-0.3, -0.25) is 14.4 Å². The summed E-state index contributed by atoms with van der Waals surface area (Å²) in [6, 6.07) is 9.44. The van der Waals surface area contributed by atoms with Crippen molar-refractivity contribution in [3.8, 4) is 0 Å². The van der Waals surface area contributed by atoms with Crippen molar-refractivity contribution in [2.24, 2.45) is 5.92 Å². The van der Waals surface area contributed by atoms with E-state index in [-0.39, 0.29) is 17.9 Å². The normalized spacial score (nSPS) is 26.1. The highest BCUT2D eigenvalue weighted by atomic mass is 16.6. The van der Waals surface area contributed by atoms with Gasteiger partial charge in [0.25, 0.3) is 5.91 Å². The molecule has 0 radical (unpaired) electrons. The lowest BCUT2D eigenvalue weighted by molar-refractivity contribution is -0.166. The molecule has 3 rings (SSSR count). The van der Waals surface area contributed by atoms with Gasteiger partial charge in [-0.15, -0.1) is 0 Å². The van der Waals surface area contributed by atoms with Crippen LogP contribution >= 0.6 is 0 Å². The number of ether oxygens (including phenoxy) is 2. The predicted octanol–water partition coefficient (Wildman–Crippen LogP) is 2.84. The third-order valence-electron chi connectivity index (χ3n) is 5.44. The molecule has 0 aromatic heterocycles. The quantitative estimate of drug-likeness (QED) is 0.742. The second-order valence-electron chi connectivity index (χ2n) is 7.44.